The van der Waals surface area contributed by atoms with E-state index in [9.17, 15) is 29.0 Å². The largest absolute Gasteiger partial charge is 0.478 e. The van der Waals surface area contributed by atoms with E-state index < -0.39 is 23.7 Å². The van der Waals surface area contributed by atoms with E-state index in [-0.39, 0.29) is 36.6 Å². The average molecular weight is 438 g/mol. The van der Waals surface area contributed by atoms with Crippen molar-refractivity contribution in [1.82, 2.24) is 0 Å². The molecule has 2 aromatic rings. The zero-order valence-electron chi connectivity index (χ0n) is 13.7. The zero-order valence-corrected chi connectivity index (χ0v) is 16.1. The van der Waals surface area contributed by atoms with Gasteiger partial charge in [-0.2, -0.15) is 0 Å². The van der Waals surface area contributed by atoms with Crippen LogP contribution in [0.25, 0.3) is 6.08 Å². The number of nitrogens with zero attached hydrogens (tertiary/aromatic N) is 1. The molecular weight excluding hydrogens is 429 g/mol. The molecule has 2 N–H and O–H groups in total. The number of aromatic carboxylic acids is 2. The van der Waals surface area contributed by atoms with Crippen molar-refractivity contribution in [2.75, 3.05) is 4.90 Å². The lowest BCUT2D eigenvalue weighted by Gasteiger charge is -2.16. The van der Waals surface area contributed by atoms with Crippen molar-refractivity contribution < 1.29 is 29.0 Å². The van der Waals surface area contributed by atoms with Gasteiger partial charge in [0.1, 0.15) is 5.82 Å². The van der Waals surface area contributed by atoms with E-state index in [0.29, 0.717) is 0 Å². The standard InChI is InChI=1S/C18H9ClFNO5S2/c19-12-2-1-3-13(20)11(12)7-14-15(22)21(18(27)28-14)10-5-8(16(23)24)4-9(6-10)17(25)26/h1-7H,(H,23,24)(H,25,26)/b14-7-. The zero-order chi connectivity index (χ0) is 20.6. The number of amides is 1. The molecule has 0 saturated carbocycles. The van der Waals surface area contributed by atoms with Gasteiger partial charge in [0.2, 0.25) is 0 Å². The van der Waals surface area contributed by atoms with E-state index >= 15 is 0 Å². The second kappa shape index (κ2) is 7.70. The van der Waals surface area contributed by atoms with Gasteiger partial charge in [-0.3, -0.25) is 9.69 Å². The summed E-state index contributed by atoms with van der Waals surface area (Å²) in [6, 6.07) is 7.32. The average Bonchev–Trinajstić information content (AvgIpc) is 2.91. The van der Waals surface area contributed by atoms with Crippen LogP contribution in [-0.2, 0) is 4.79 Å². The van der Waals surface area contributed by atoms with Crippen molar-refractivity contribution in [1.29, 1.82) is 0 Å². The fraction of sp³-hybridized carbons (Fsp3) is 0. The van der Waals surface area contributed by atoms with E-state index in [1.54, 1.807) is 0 Å². The topological polar surface area (TPSA) is 94.9 Å². The van der Waals surface area contributed by atoms with Crippen LogP contribution in [0.1, 0.15) is 26.3 Å². The van der Waals surface area contributed by atoms with Crippen molar-refractivity contribution in [3.8, 4) is 0 Å². The maximum Gasteiger partial charge on any atom is 0.335 e. The molecule has 6 nitrogen and oxygen atoms in total. The van der Waals surface area contributed by atoms with Gasteiger partial charge in [0.05, 0.1) is 26.7 Å². The van der Waals surface area contributed by atoms with Crippen LogP contribution in [0.2, 0.25) is 5.02 Å². The Kier molecular flexibility index (Phi) is 5.50. The van der Waals surface area contributed by atoms with Crippen molar-refractivity contribution in [3.63, 3.8) is 0 Å². The van der Waals surface area contributed by atoms with Gasteiger partial charge in [-0.15, -0.1) is 0 Å². The number of thioether (sulfide) groups is 1. The molecule has 2 aromatic carbocycles. The molecule has 0 radical (unpaired) electrons. The Morgan fingerprint density at radius 2 is 1.75 bits per heavy atom. The third kappa shape index (κ3) is 3.77. The molecular formula is C18H9ClFNO5S2. The molecule has 1 saturated heterocycles. The molecule has 0 unspecified atom stereocenters. The maximum absolute atomic E-state index is 14.0. The summed E-state index contributed by atoms with van der Waals surface area (Å²) in [6.45, 7) is 0. The van der Waals surface area contributed by atoms with E-state index in [4.69, 9.17) is 23.8 Å². The normalized spacial score (nSPS) is 15.4. The number of thiocarbonyl (C=S) groups is 1. The molecule has 10 heteroatoms. The first-order chi connectivity index (χ1) is 13.2. The van der Waals surface area contributed by atoms with Crippen molar-refractivity contribution in [2.45, 2.75) is 0 Å². The van der Waals surface area contributed by atoms with Gasteiger partial charge in [-0.25, -0.2) is 14.0 Å². The highest BCUT2D eigenvalue weighted by Crippen LogP contribution is 2.37. The van der Waals surface area contributed by atoms with Crippen LogP contribution in [-0.4, -0.2) is 32.4 Å². The minimum atomic E-state index is -1.36. The predicted octanol–water partition coefficient (Wildman–Crippen LogP) is 4.28. The first-order valence-corrected chi connectivity index (χ1v) is 9.13. The summed E-state index contributed by atoms with van der Waals surface area (Å²) in [6.07, 6.45) is 1.25. The first kappa shape index (κ1) is 20.0. The quantitative estimate of drug-likeness (QED) is 0.544. The molecule has 1 fully saturated rings. The van der Waals surface area contributed by atoms with Gasteiger partial charge in [0.15, 0.2) is 4.32 Å². The van der Waals surface area contributed by atoms with Crippen molar-refractivity contribution in [2.24, 2.45) is 0 Å². The molecule has 28 heavy (non-hydrogen) atoms. The third-order valence-corrected chi connectivity index (χ3v) is 5.37. The molecule has 0 bridgehead atoms. The molecule has 1 amide bonds. The minimum Gasteiger partial charge on any atom is -0.478 e. The smallest absolute Gasteiger partial charge is 0.335 e. The summed E-state index contributed by atoms with van der Waals surface area (Å²) in [5, 5.41) is 18.5. The molecule has 142 valence electrons. The van der Waals surface area contributed by atoms with Gasteiger partial charge in [-0.05, 0) is 36.4 Å². The van der Waals surface area contributed by atoms with E-state index in [1.165, 1.54) is 24.3 Å². The number of carbonyl (C=O) groups is 3. The lowest BCUT2D eigenvalue weighted by molar-refractivity contribution is -0.113. The molecule has 0 spiro atoms. The summed E-state index contributed by atoms with van der Waals surface area (Å²) in [7, 11) is 0. The lowest BCUT2D eigenvalue weighted by Crippen LogP contribution is -2.28. The maximum atomic E-state index is 14.0. The van der Waals surface area contributed by atoms with Crippen LogP contribution in [0, 0.1) is 5.82 Å². The van der Waals surface area contributed by atoms with Crippen molar-refractivity contribution >= 4 is 69.5 Å². The third-order valence-electron chi connectivity index (χ3n) is 3.74. The molecule has 1 aliphatic heterocycles. The highest BCUT2D eigenvalue weighted by molar-refractivity contribution is 8.27. The predicted molar refractivity (Wildman–Crippen MR) is 107 cm³/mol. The summed E-state index contributed by atoms with van der Waals surface area (Å²) >= 11 is 12.0. The number of halogens is 2. The Morgan fingerprint density at radius 1 is 1.14 bits per heavy atom. The van der Waals surface area contributed by atoms with Crippen LogP contribution in [0.5, 0.6) is 0 Å². The molecule has 0 aromatic heterocycles. The van der Waals surface area contributed by atoms with E-state index in [1.807, 2.05) is 0 Å². The summed E-state index contributed by atoms with van der Waals surface area (Å²) < 4.78 is 14.0. The number of rotatable bonds is 4. The highest BCUT2D eigenvalue weighted by atomic mass is 35.5. The monoisotopic (exact) mass is 437 g/mol. The van der Waals surface area contributed by atoms with E-state index in [2.05, 4.69) is 0 Å². The Morgan fingerprint density at radius 3 is 2.29 bits per heavy atom. The fourth-order valence-electron chi connectivity index (χ4n) is 2.46. The minimum absolute atomic E-state index is 0.00942. The highest BCUT2D eigenvalue weighted by Gasteiger charge is 2.34. The summed E-state index contributed by atoms with van der Waals surface area (Å²) in [4.78, 5) is 36.4. The number of benzene rings is 2. The molecule has 0 aliphatic carbocycles. The second-order valence-corrected chi connectivity index (χ2v) is 7.61. The molecule has 1 aliphatic rings. The van der Waals surface area contributed by atoms with Gasteiger partial charge in [-0.1, -0.05) is 41.6 Å². The van der Waals surface area contributed by atoms with Crippen molar-refractivity contribution in [3.05, 3.63) is 68.8 Å². The van der Waals surface area contributed by atoms with Gasteiger partial charge in [0, 0.05) is 5.56 Å². The van der Waals surface area contributed by atoms with Crippen LogP contribution in [0.4, 0.5) is 10.1 Å². The fourth-order valence-corrected chi connectivity index (χ4v) is 3.96. The number of hydrogen-bond acceptors (Lipinski definition) is 5. The lowest BCUT2D eigenvalue weighted by atomic mass is 10.1. The number of anilines is 1. The van der Waals surface area contributed by atoms with Gasteiger partial charge < -0.3 is 10.2 Å². The van der Waals surface area contributed by atoms with Gasteiger partial charge in [0.25, 0.3) is 5.91 Å². The number of carbonyl (C=O) groups excluding carboxylic acids is 1. The van der Waals surface area contributed by atoms with Gasteiger partial charge >= 0.3 is 11.9 Å². The Labute approximate surface area is 172 Å². The Hall–Kier alpha value is -2.75. The Bertz CT molecular complexity index is 1030. The number of hydrogen-bond donors (Lipinski definition) is 2. The molecule has 1 heterocycles. The first-order valence-electron chi connectivity index (χ1n) is 7.52. The SMILES string of the molecule is O=C(O)c1cc(C(=O)O)cc(N2C(=O)/C(=C/c3c(F)cccc3Cl)SC2=S)c1. The van der Waals surface area contributed by atoms with E-state index in [0.717, 1.165) is 34.9 Å². The molecule has 3 rings (SSSR count). The van der Waals surface area contributed by atoms with Crippen LogP contribution < -0.4 is 4.90 Å². The summed E-state index contributed by atoms with van der Waals surface area (Å²) in [5.74, 6) is -3.99. The van der Waals surface area contributed by atoms with Crippen LogP contribution in [0.15, 0.2) is 41.3 Å². The van der Waals surface area contributed by atoms with Crippen LogP contribution in [0.3, 0.4) is 0 Å². The summed E-state index contributed by atoms with van der Waals surface area (Å²) in [5.41, 5.74) is -0.631. The molecule has 0 atom stereocenters. The number of carboxylic acid groups (broad SMARTS) is 2. The number of carboxylic acids is 2. The second-order valence-electron chi connectivity index (χ2n) is 5.53. The Balaban J connectivity index is 2.07. The van der Waals surface area contributed by atoms with Crippen LogP contribution >= 0.6 is 35.6 Å².